The van der Waals surface area contributed by atoms with E-state index in [-0.39, 0.29) is 12.4 Å². The molecule has 0 aliphatic heterocycles. The van der Waals surface area contributed by atoms with Gasteiger partial charge in [0.25, 0.3) is 0 Å². The standard InChI is InChI=1S/C15H13FN2O/c1-10-15(12-2-4-13(16)5-3-12)17-14-8-11(9-19)6-7-18(10)14/h2-8,19H,9H2,1H3. The Hall–Kier alpha value is -2.20. The Bertz CT molecular complexity index is 732. The minimum Gasteiger partial charge on any atom is -0.392 e. The van der Waals surface area contributed by atoms with Crippen molar-refractivity contribution in [2.45, 2.75) is 13.5 Å². The molecular formula is C15H13FN2O. The van der Waals surface area contributed by atoms with Crippen molar-refractivity contribution in [2.24, 2.45) is 0 Å². The number of fused-ring (bicyclic) bond motifs is 1. The van der Waals surface area contributed by atoms with Gasteiger partial charge in [-0.1, -0.05) is 0 Å². The molecule has 0 spiro atoms. The molecule has 3 rings (SSSR count). The average molecular weight is 256 g/mol. The van der Waals surface area contributed by atoms with E-state index in [2.05, 4.69) is 4.98 Å². The molecule has 0 saturated carbocycles. The maximum absolute atomic E-state index is 13.0. The number of nitrogens with zero attached hydrogens (tertiary/aromatic N) is 2. The Balaban J connectivity index is 2.19. The summed E-state index contributed by atoms with van der Waals surface area (Å²) in [6, 6.07) is 10.0. The summed E-state index contributed by atoms with van der Waals surface area (Å²) >= 11 is 0. The lowest BCUT2D eigenvalue weighted by molar-refractivity contribution is 0.282. The summed E-state index contributed by atoms with van der Waals surface area (Å²) in [6.07, 6.45) is 1.89. The van der Waals surface area contributed by atoms with Gasteiger partial charge in [-0.3, -0.25) is 0 Å². The second-order valence-electron chi connectivity index (χ2n) is 4.47. The van der Waals surface area contributed by atoms with Crippen molar-refractivity contribution in [1.82, 2.24) is 9.38 Å². The highest BCUT2D eigenvalue weighted by Gasteiger charge is 2.10. The van der Waals surface area contributed by atoms with Crippen LogP contribution in [0.25, 0.3) is 16.9 Å². The number of pyridine rings is 1. The van der Waals surface area contributed by atoms with Crippen LogP contribution in [0.15, 0.2) is 42.6 Å². The van der Waals surface area contributed by atoms with Crippen LogP contribution in [0, 0.1) is 12.7 Å². The summed E-state index contributed by atoms with van der Waals surface area (Å²) in [5.74, 6) is -0.257. The Morgan fingerprint density at radius 1 is 1.21 bits per heavy atom. The number of aliphatic hydroxyl groups excluding tert-OH is 1. The average Bonchev–Trinajstić information content (AvgIpc) is 2.76. The quantitative estimate of drug-likeness (QED) is 0.765. The molecule has 2 aromatic heterocycles. The van der Waals surface area contributed by atoms with E-state index >= 15 is 0 Å². The van der Waals surface area contributed by atoms with E-state index in [1.165, 1.54) is 12.1 Å². The lowest BCUT2D eigenvalue weighted by Crippen LogP contribution is -1.90. The zero-order valence-corrected chi connectivity index (χ0v) is 10.5. The molecule has 0 unspecified atom stereocenters. The fourth-order valence-electron chi connectivity index (χ4n) is 2.19. The zero-order valence-electron chi connectivity index (χ0n) is 10.5. The van der Waals surface area contributed by atoms with Crippen LogP contribution in [0.1, 0.15) is 11.3 Å². The van der Waals surface area contributed by atoms with Crippen LogP contribution in [0.2, 0.25) is 0 Å². The lowest BCUT2D eigenvalue weighted by Gasteiger charge is -2.00. The highest BCUT2D eigenvalue weighted by molar-refractivity contribution is 5.66. The third-order valence-electron chi connectivity index (χ3n) is 3.23. The van der Waals surface area contributed by atoms with Gasteiger partial charge in [-0.2, -0.15) is 0 Å². The number of hydrogen-bond donors (Lipinski definition) is 1. The maximum atomic E-state index is 13.0. The van der Waals surface area contributed by atoms with Gasteiger partial charge >= 0.3 is 0 Å². The molecule has 0 radical (unpaired) electrons. The first-order chi connectivity index (χ1) is 9.19. The molecule has 0 bridgehead atoms. The van der Waals surface area contributed by atoms with E-state index in [0.717, 1.165) is 28.2 Å². The molecule has 3 aromatic rings. The van der Waals surface area contributed by atoms with Crippen molar-refractivity contribution in [2.75, 3.05) is 0 Å². The topological polar surface area (TPSA) is 37.5 Å². The highest BCUT2D eigenvalue weighted by Crippen LogP contribution is 2.24. The Morgan fingerprint density at radius 3 is 2.63 bits per heavy atom. The summed E-state index contributed by atoms with van der Waals surface area (Å²) in [7, 11) is 0. The number of aryl methyl sites for hydroxylation is 1. The van der Waals surface area contributed by atoms with Crippen molar-refractivity contribution in [3.63, 3.8) is 0 Å². The van der Waals surface area contributed by atoms with Gasteiger partial charge in [0.2, 0.25) is 0 Å². The molecule has 0 fully saturated rings. The first-order valence-electron chi connectivity index (χ1n) is 6.03. The fourth-order valence-corrected chi connectivity index (χ4v) is 2.19. The number of imidazole rings is 1. The number of aromatic nitrogens is 2. The Labute approximate surface area is 110 Å². The zero-order chi connectivity index (χ0) is 13.4. The van der Waals surface area contributed by atoms with Gasteiger partial charge in [0.15, 0.2) is 0 Å². The largest absolute Gasteiger partial charge is 0.392 e. The van der Waals surface area contributed by atoms with Gasteiger partial charge in [0.05, 0.1) is 12.3 Å². The molecule has 0 saturated heterocycles. The number of rotatable bonds is 2. The highest BCUT2D eigenvalue weighted by atomic mass is 19.1. The predicted octanol–water partition coefficient (Wildman–Crippen LogP) is 2.94. The van der Waals surface area contributed by atoms with Crippen LogP contribution in [0.3, 0.4) is 0 Å². The number of halogens is 1. The van der Waals surface area contributed by atoms with Crippen LogP contribution in [-0.4, -0.2) is 14.5 Å². The van der Waals surface area contributed by atoms with Gasteiger partial charge in [-0.25, -0.2) is 9.37 Å². The van der Waals surface area contributed by atoms with Crippen molar-refractivity contribution in [1.29, 1.82) is 0 Å². The molecule has 19 heavy (non-hydrogen) atoms. The molecule has 96 valence electrons. The smallest absolute Gasteiger partial charge is 0.138 e. The summed E-state index contributed by atoms with van der Waals surface area (Å²) in [6.45, 7) is 1.96. The first-order valence-corrected chi connectivity index (χ1v) is 6.03. The van der Waals surface area contributed by atoms with E-state index in [9.17, 15) is 4.39 Å². The summed E-state index contributed by atoms with van der Waals surface area (Å²) in [4.78, 5) is 4.55. The molecule has 4 heteroatoms. The molecule has 0 amide bonds. The van der Waals surface area contributed by atoms with Crippen LogP contribution in [-0.2, 0) is 6.61 Å². The Kier molecular flexibility index (Phi) is 2.80. The second kappa shape index (κ2) is 4.48. The second-order valence-corrected chi connectivity index (χ2v) is 4.47. The van der Waals surface area contributed by atoms with E-state index in [1.54, 1.807) is 12.1 Å². The third-order valence-corrected chi connectivity index (χ3v) is 3.23. The van der Waals surface area contributed by atoms with Gasteiger partial charge in [-0.15, -0.1) is 0 Å². The summed E-state index contributed by atoms with van der Waals surface area (Å²) < 4.78 is 14.9. The van der Waals surface area contributed by atoms with Gasteiger partial charge in [-0.05, 0) is 48.9 Å². The molecule has 1 N–H and O–H groups in total. The van der Waals surface area contributed by atoms with E-state index < -0.39 is 0 Å². The maximum Gasteiger partial charge on any atom is 0.138 e. The fraction of sp³-hybridized carbons (Fsp3) is 0.133. The van der Waals surface area contributed by atoms with Gasteiger partial charge in [0.1, 0.15) is 11.5 Å². The van der Waals surface area contributed by atoms with Crippen LogP contribution in [0.4, 0.5) is 4.39 Å². The normalized spacial score (nSPS) is 11.1. The van der Waals surface area contributed by atoms with Crippen LogP contribution in [0.5, 0.6) is 0 Å². The van der Waals surface area contributed by atoms with Crippen molar-refractivity contribution in [3.8, 4) is 11.3 Å². The van der Waals surface area contributed by atoms with Crippen molar-refractivity contribution in [3.05, 3.63) is 59.7 Å². The molecule has 0 aliphatic rings. The predicted molar refractivity (Wildman–Crippen MR) is 71.2 cm³/mol. The number of benzene rings is 1. The molecular weight excluding hydrogens is 243 g/mol. The molecule has 3 nitrogen and oxygen atoms in total. The SMILES string of the molecule is Cc1c(-c2ccc(F)cc2)nc2cc(CO)ccn12. The molecule has 1 aromatic carbocycles. The van der Waals surface area contributed by atoms with E-state index in [1.807, 2.05) is 29.7 Å². The van der Waals surface area contributed by atoms with Crippen molar-refractivity contribution < 1.29 is 9.50 Å². The van der Waals surface area contributed by atoms with Crippen LogP contribution < -0.4 is 0 Å². The van der Waals surface area contributed by atoms with Crippen LogP contribution >= 0.6 is 0 Å². The number of aliphatic hydroxyl groups is 1. The molecule has 2 heterocycles. The van der Waals surface area contributed by atoms with Gasteiger partial charge in [0, 0.05) is 17.5 Å². The van der Waals surface area contributed by atoms with Crippen molar-refractivity contribution >= 4 is 5.65 Å². The first kappa shape index (κ1) is 11.9. The molecule has 0 atom stereocenters. The minimum absolute atomic E-state index is 0.00567. The molecule has 0 aliphatic carbocycles. The van der Waals surface area contributed by atoms with E-state index in [0.29, 0.717) is 0 Å². The summed E-state index contributed by atoms with van der Waals surface area (Å²) in [5, 5.41) is 9.14. The van der Waals surface area contributed by atoms with E-state index in [4.69, 9.17) is 5.11 Å². The monoisotopic (exact) mass is 256 g/mol. The summed E-state index contributed by atoms with van der Waals surface area (Å²) in [5.41, 5.74) is 4.31. The lowest BCUT2D eigenvalue weighted by atomic mass is 10.1. The number of hydrogen-bond acceptors (Lipinski definition) is 2. The van der Waals surface area contributed by atoms with Gasteiger partial charge < -0.3 is 9.51 Å². The minimum atomic E-state index is -0.257. The third kappa shape index (κ3) is 2.00. The Morgan fingerprint density at radius 2 is 1.95 bits per heavy atom.